The number of halogens is 3. The number of benzene rings is 1. The van der Waals surface area contributed by atoms with Crippen LogP contribution in [0.2, 0.25) is 0 Å². The summed E-state index contributed by atoms with van der Waals surface area (Å²) in [6.45, 7) is 1.50. The van der Waals surface area contributed by atoms with Crippen molar-refractivity contribution < 1.29 is 27.4 Å². The van der Waals surface area contributed by atoms with Gasteiger partial charge in [-0.1, -0.05) is 18.2 Å². The molecule has 0 radical (unpaired) electrons. The van der Waals surface area contributed by atoms with Gasteiger partial charge in [0, 0.05) is 19.6 Å². The smallest absolute Gasteiger partial charge is 0.416 e. The molecule has 1 aliphatic heterocycles. The zero-order chi connectivity index (χ0) is 16.2. The third kappa shape index (κ3) is 4.45. The first-order valence-electron chi connectivity index (χ1n) is 6.96. The molecule has 0 spiro atoms. The molecule has 0 N–H and O–H groups in total. The summed E-state index contributed by atoms with van der Waals surface area (Å²) >= 11 is 0. The van der Waals surface area contributed by atoms with Gasteiger partial charge in [-0.05, 0) is 11.6 Å². The summed E-state index contributed by atoms with van der Waals surface area (Å²) in [6.07, 6.45) is -4.61. The standard InChI is InChI=1S/C15H18F3NO3/c1-21-14(20)8-12-10-19(6-7-22-12)9-11-4-2-3-5-13(11)15(16,17)18/h2-5,12H,6-10H2,1H3/t12-/m0/s1. The van der Waals surface area contributed by atoms with Crippen LogP contribution in [-0.4, -0.2) is 43.8 Å². The second-order valence-corrected chi connectivity index (χ2v) is 5.16. The van der Waals surface area contributed by atoms with Crippen molar-refractivity contribution in [3.05, 3.63) is 35.4 Å². The highest BCUT2D eigenvalue weighted by molar-refractivity contribution is 5.69. The quantitative estimate of drug-likeness (QED) is 0.800. The Bertz CT molecular complexity index is 519. The lowest BCUT2D eigenvalue weighted by Gasteiger charge is -2.33. The fraction of sp³-hybridized carbons (Fsp3) is 0.533. The van der Waals surface area contributed by atoms with Crippen LogP contribution in [-0.2, 0) is 27.0 Å². The molecule has 122 valence electrons. The lowest BCUT2D eigenvalue weighted by Crippen LogP contribution is -2.43. The summed E-state index contributed by atoms with van der Waals surface area (Å²) in [5, 5.41) is 0. The Morgan fingerprint density at radius 1 is 1.41 bits per heavy atom. The molecule has 0 aliphatic carbocycles. The van der Waals surface area contributed by atoms with Crippen LogP contribution in [0.3, 0.4) is 0 Å². The van der Waals surface area contributed by atoms with Crippen LogP contribution in [0.25, 0.3) is 0 Å². The van der Waals surface area contributed by atoms with Gasteiger partial charge in [-0.3, -0.25) is 9.69 Å². The monoisotopic (exact) mass is 317 g/mol. The van der Waals surface area contributed by atoms with E-state index in [2.05, 4.69) is 4.74 Å². The van der Waals surface area contributed by atoms with Crippen molar-refractivity contribution in [2.24, 2.45) is 0 Å². The predicted molar refractivity (Wildman–Crippen MR) is 73.1 cm³/mol. The average molecular weight is 317 g/mol. The first-order valence-corrected chi connectivity index (χ1v) is 6.96. The van der Waals surface area contributed by atoms with E-state index in [9.17, 15) is 18.0 Å². The molecule has 0 amide bonds. The molecule has 0 bridgehead atoms. The Balaban J connectivity index is 2.03. The number of methoxy groups -OCH3 is 1. The van der Waals surface area contributed by atoms with E-state index >= 15 is 0 Å². The first kappa shape index (κ1) is 16.8. The molecule has 1 saturated heterocycles. The van der Waals surface area contributed by atoms with E-state index in [0.29, 0.717) is 19.7 Å². The Labute approximate surface area is 126 Å². The van der Waals surface area contributed by atoms with Crippen molar-refractivity contribution in [3.63, 3.8) is 0 Å². The topological polar surface area (TPSA) is 38.8 Å². The second-order valence-electron chi connectivity index (χ2n) is 5.16. The number of carbonyl (C=O) groups is 1. The van der Waals surface area contributed by atoms with E-state index in [1.807, 2.05) is 4.90 Å². The number of hydrogen-bond acceptors (Lipinski definition) is 4. The summed E-state index contributed by atoms with van der Waals surface area (Å²) in [7, 11) is 1.29. The minimum Gasteiger partial charge on any atom is -0.469 e. The number of rotatable bonds is 4. The fourth-order valence-electron chi connectivity index (χ4n) is 2.49. The molecule has 1 aromatic rings. The Morgan fingerprint density at radius 2 is 2.14 bits per heavy atom. The number of hydrogen-bond donors (Lipinski definition) is 0. The van der Waals surface area contributed by atoms with Gasteiger partial charge in [0.25, 0.3) is 0 Å². The number of morpholine rings is 1. The van der Waals surface area contributed by atoms with Crippen LogP contribution < -0.4 is 0 Å². The maximum atomic E-state index is 13.0. The zero-order valence-corrected chi connectivity index (χ0v) is 12.2. The molecule has 1 heterocycles. The van der Waals surface area contributed by atoms with Crippen LogP contribution in [0.5, 0.6) is 0 Å². The molecule has 7 heteroatoms. The summed E-state index contributed by atoms with van der Waals surface area (Å²) in [6, 6.07) is 5.54. The number of alkyl halides is 3. The van der Waals surface area contributed by atoms with E-state index < -0.39 is 11.7 Å². The van der Waals surface area contributed by atoms with Gasteiger partial charge in [0.15, 0.2) is 0 Å². The van der Waals surface area contributed by atoms with E-state index in [-0.39, 0.29) is 30.6 Å². The molecular weight excluding hydrogens is 299 g/mol. The zero-order valence-electron chi connectivity index (χ0n) is 12.2. The molecule has 1 atom stereocenters. The molecule has 4 nitrogen and oxygen atoms in total. The van der Waals surface area contributed by atoms with Gasteiger partial charge < -0.3 is 9.47 Å². The molecule has 0 unspecified atom stereocenters. The van der Waals surface area contributed by atoms with E-state index in [1.54, 1.807) is 6.07 Å². The van der Waals surface area contributed by atoms with Crippen LogP contribution in [0.15, 0.2) is 24.3 Å². The van der Waals surface area contributed by atoms with E-state index in [4.69, 9.17) is 4.74 Å². The Kier molecular flexibility index (Phi) is 5.42. The Morgan fingerprint density at radius 3 is 2.82 bits per heavy atom. The van der Waals surface area contributed by atoms with Gasteiger partial charge in [0.2, 0.25) is 0 Å². The molecule has 0 saturated carbocycles. The van der Waals surface area contributed by atoms with Gasteiger partial charge >= 0.3 is 12.1 Å². The number of esters is 1. The van der Waals surface area contributed by atoms with Crippen molar-refractivity contribution in [2.75, 3.05) is 26.8 Å². The molecule has 2 rings (SSSR count). The summed E-state index contributed by atoms with van der Waals surface area (Å²) < 4.78 is 49.0. The first-order chi connectivity index (χ1) is 10.4. The summed E-state index contributed by atoms with van der Waals surface area (Å²) in [5.74, 6) is -0.387. The summed E-state index contributed by atoms with van der Waals surface area (Å²) in [4.78, 5) is 13.1. The minimum absolute atomic E-state index is 0.105. The SMILES string of the molecule is COC(=O)C[C@H]1CN(Cc2ccccc2C(F)(F)F)CCO1. The van der Waals surface area contributed by atoms with E-state index in [0.717, 1.165) is 6.07 Å². The summed E-state index contributed by atoms with van der Waals surface area (Å²) in [5.41, 5.74) is -0.389. The Hall–Kier alpha value is -1.60. The minimum atomic E-state index is -4.37. The highest BCUT2D eigenvalue weighted by atomic mass is 19.4. The molecule has 1 aromatic carbocycles. The normalized spacial score (nSPS) is 19.9. The third-order valence-electron chi connectivity index (χ3n) is 3.56. The van der Waals surface area contributed by atoms with Gasteiger partial charge in [-0.15, -0.1) is 0 Å². The van der Waals surface area contributed by atoms with Crippen molar-refractivity contribution >= 4 is 5.97 Å². The van der Waals surface area contributed by atoms with Crippen LogP contribution in [0.4, 0.5) is 13.2 Å². The number of nitrogens with zero attached hydrogens (tertiary/aromatic N) is 1. The molecule has 1 fully saturated rings. The lowest BCUT2D eigenvalue weighted by atomic mass is 10.1. The fourth-order valence-corrected chi connectivity index (χ4v) is 2.49. The highest BCUT2D eigenvalue weighted by Crippen LogP contribution is 2.32. The molecular formula is C15H18F3NO3. The van der Waals surface area contributed by atoms with Crippen LogP contribution in [0.1, 0.15) is 17.5 Å². The largest absolute Gasteiger partial charge is 0.469 e. The van der Waals surface area contributed by atoms with Crippen LogP contribution >= 0.6 is 0 Å². The van der Waals surface area contributed by atoms with Crippen molar-refractivity contribution in [1.29, 1.82) is 0 Å². The molecule has 1 aliphatic rings. The van der Waals surface area contributed by atoms with Crippen molar-refractivity contribution in [3.8, 4) is 0 Å². The van der Waals surface area contributed by atoms with Gasteiger partial charge in [-0.25, -0.2) is 0 Å². The lowest BCUT2D eigenvalue weighted by molar-refractivity contribution is -0.145. The maximum absolute atomic E-state index is 13.0. The van der Waals surface area contributed by atoms with Gasteiger partial charge in [0.1, 0.15) is 0 Å². The molecule has 22 heavy (non-hydrogen) atoms. The van der Waals surface area contributed by atoms with Gasteiger partial charge in [0.05, 0.1) is 31.8 Å². The van der Waals surface area contributed by atoms with Crippen molar-refractivity contribution in [1.82, 2.24) is 4.90 Å². The number of ether oxygens (including phenoxy) is 2. The van der Waals surface area contributed by atoms with E-state index in [1.165, 1.54) is 19.2 Å². The van der Waals surface area contributed by atoms with Gasteiger partial charge in [-0.2, -0.15) is 13.2 Å². The highest BCUT2D eigenvalue weighted by Gasteiger charge is 2.33. The average Bonchev–Trinajstić information content (AvgIpc) is 2.47. The maximum Gasteiger partial charge on any atom is 0.416 e. The predicted octanol–water partition coefficient (Wildman–Crippen LogP) is 2.47. The molecule has 0 aromatic heterocycles. The second kappa shape index (κ2) is 7.11. The number of carbonyl (C=O) groups excluding carboxylic acids is 1. The van der Waals surface area contributed by atoms with Crippen molar-refractivity contribution in [2.45, 2.75) is 25.2 Å². The van der Waals surface area contributed by atoms with Crippen LogP contribution in [0, 0.1) is 0 Å². The third-order valence-corrected chi connectivity index (χ3v) is 3.56.